The quantitative estimate of drug-likeness (QED) is 0.493. The molecule has 0 aromatic carbocycles. The minimum absolute atomic E-state index is 0.760. The molecule has 3 aromatic rings. The maximum Gasteiger partial charge on any atom is 0.193 e. The van der Waals surface area contributed by atoms with Crippen LogP contribution < -0.4 is 5.32 Å². The van der Waals surface area contributed by atoms with Gasteiger partial charge in [-0.2, -0.15) is 0 Å². The summed E-state index contributed by atoms with van der Waals surface area (Å²) in [6.07, 6.45) is 0.969. The van der Waals surface area contributed by atoms with Crippen molar-refractivity contribution < 1.29 is 0 Å². The highest BCUT2D eigenvalue weighted by molar-refractivity contribution is 7.16. The van der Waals surface area contributed by atoms with Crippen molar-refractivity contribution in [3.8, 4) is 10.6 Å². The van der Waals surface area contributed by atoms with E-state index in [-0.39, 0.29) is 0 Å². The Balaban J connectivity index is 1.50. The summed E-state index contributed by atoms with van der Waals surface area (Å²) in [5.74, 6) is 0.891. The third kappa shape index (κ3) is 4.90. The first-order valence-corrected chi connectivity index (χ1v) is 11.0. The van der Waals surface area contributed by atoms with E-state index in [1.54, 1.807) is 22.7 Å². The molecule has 0 fully saturated rings. The first-order chi connectivity index (χ1) is 12.5. The van der Waals surface area contributed by atoms with Crippen LogP contribution in [-0.4, -0.2) is 41.5 Å². The number of hydrogen-bond donors (Lipinski definition) is 1. The number of thiophene rings is 1. The van der Waals surface area contributed by atoms with Gasteiger partial charge in [0.15, 0.2) is 5.96 Å². The number of aryl methyl sites for hydroxylation is 2. The summed E-state index contributed by atoms with van der Waals surface area (Å²) in [5, 5.41) is 9.88. The second kappa shape index (κ2) is 8.75. The van der Waals surface area contributed by atoms with Crippen molar-refractivity contribution in [3.63, 3.8) is 0 Å². The highest BCUT2D eigenvalue weighted by Crippen LogP contribution is 2.29. The van der Waals surface area contributed by atoms with Gasteiger partial charge in [0.1, 0.15) is 0 Å². The van der Waals surface area contributed by atoms with Gasteiger partial charge in [0.2, 0.25) is 0 Å². The summed E-state index contributed by atoms with van der Waals surface area (Å²) >= 11 is 5.19. The monoisotopic (exact) mass is 405 g/mol. The van der Waals surface area contributed by atoms with E-state index in [2.05, 4.69) is 48.1 Å². The van der Waals surface area contributed by atoms with E-state index in [9.17, 15) is 0 Å². The zero-order valence-electron chi connectivity index (χ0n) is 15.4. The molecule has 1 N–H and O–H groups in total. The Morgan fingerprint density at radius 3 is 2.58 bits per heavy atom. The third-order valence-corrected chi connectivity index (χ3v) is 6.59. The van der Waals surface area contributed by atoms with E-state index in [1.165, 1.54) is 9.75 Å². The molecule has 3 rings (SSSR count). The van der Waals surface area contributed by atoms with Gasteiger partial charge in [-0.1, -0.05) is 0 Å². The molecular formula is C18H23N5S3. The first-order valence-electron chi connectivity index (χ1n) is 8.39. The number of nitrogens with zero attached hydrogens (tertiary/aromatic N) is 4. The summed E-state index contributed by atoms with van der Waals surface area (Å²) < 4.78 is 0. The van der Waals surface area contributed by atoms with E-state index in [4.69, 9.17) is 0 Å². The van der Waals surface area contributed by atoms with Crippen LogP contribution in [-0.2, 0) is 13.0 Å². The van der Waals surface area contributed by atoms with Crippen LogP contribution in [0.1, 0.15) is 20.6 Å². The lowest BCUT2D eigenvalue weighted by atomic mass is 10.3. The van der Waals surface area contributed by atoms with Gasteiger partial charge in [-0.05, 0) is 32.4 Å². The van der Waals surface area contributed by atoms with Gasteiger partial charge in [-0.15, -0.1) is 34.0 Å². The van der Waals surface area contributed by atoms with Crippen LogP contribution in [0.3, 0.4) is 0 Å². The number of nitrogens with one attached hydrogen (secondary N) is 1. The lowest BCUT2D eigenvalue weighted by molar-refractivity contribution is 0.471. The van der Waals surface area contributed by atoms with Gasteiger partial charge < -0.3 is 10.2 Å². The fourth-order valence-electron chi connectivity index (χ4n) is 2.61. The Kier molecular flexibility index (Phi) is 6.39. The van der Waals surface area contributed by atoms with Crippen molar-refractivity contribution in [2.24, 2.45) is 4.99 Å². The minimum atomic E-state index is 0.760. The van der Waals surface area contributed by atoms with E-state index < -0.39 is 0 Å². The van der Waals surface area contributed by atoms with Crippen molar-refractivity contribution >= 4 is 40.0 Å². The molecule has 0 saturated carbocycles. The van der Waals surface area contributed by atoms with Gasteiger partial charge in [-0.3, -0.25) is 4.99 Å². The largest absolute Gasteiger partial charge is 0.356 e. The lowest BCUT2D eigenvalue weighted by Crippen LogP contribution is -2.39. The fraction of sp³-hybridized carbons (Fsp3) is 0.389. The zero-order valence-corrected chi connectivity index (χ0v) is 17.9. The first kappa shape index (κ1) is 19.0. The van der Waals surface area contributed by atoms with Crippen molar-refractivity contribution in [1.29, 1.82) is 0 Å². The molecule has 0 aliphatic carbocycles. The molecule has 0 amide bonds. The molecule has 0 atom stereocenters. The van der Waals surface area contributed by atoms with Crippen LogP contribution in [0.25, 0.3) is 10.6 Å². The van der Waals surface area contributed by atoms with Crippen LogP contribution in [0.2, 0.25) is 0 Å². The second-order valence-corrected chi connectivity index (χ2v) is 9.25. The smallest absolute Gasteiger partial charge is 0.193 e. The Morgan fingerprint density at radius 1 is 1.15 bits per heavy atom. The normalized spacial score (nSPS) is 11.8. The lowest BCUT2D eigenvalue weighted by Gasteiger charge is -2.21. The summed E-state index contributed by atoms with van der Waals surface area (Å²) in [5.41, 5.74) is 2.17. The molecule has 0 aliphatic rings. The van der Waals surface area contributed by atoms with Crippen LogP contribution in [0.15, 0.2) is 27.9 Å². The maximum atomic E-state index is 4.56. The van der Waals surface area contributed by atoms with Crippen molar-refractivity contribution in [3.05, 3.63) is 43.5 Å². The Labute approximate surface area is 166 Å². The molecule has 5 nitrogen and oxygen atoms in total. The summed E-state index contributed by atoms with van der Waals surface area (Å²) in [6.45, 7) is 5.69. The van der Waals surface area contributed by atoms with Crippen molar-refractivity contribution in [2.75, 3.05) is 20.6 Å². The number of thiazole rings is 2. The summed E-state index contributed by atoms with van der Waals surface area (Å²) in [4.78, 5) is 18.2. The highest BCUT2D eigenvalue weighted by atomic mass is 32.1. The second-order valence-electron chi connectivity index (χ2n) is 5.96. The molecule has 0 saturated heterocycles. The fourth-order valence-corrected chi connectivity index (χ4v) is 4.87. The number of aromatic nitrogens is 2. The molecule has 8 heteroatoms. The summed E-state index contributed by atoms with van der Waals surface area (Å²) in [7, 11) is 3.86. The number of hydrogen-bond acceptors (Lipinski definition) is 6. The average molecular weight is 406 g/mol. The van der Waals surface area contributed by atoms with Gasteiger partial charge in [0.05, 0.1) is 32.8 Å². The molecule has 138 valence electrons. The van der Waals surface area contributed by atoms with Crippen LogP contribution in [0, 0.1) is 13.8 Å². The highest BCUT2D eigenvalue weighted by Gasteiger charge is 2.10. The Morgan fingerprint density at radius 2 is 1.92 bits per heavy atom. The molecule has 3 heterocycles. The predicted molar refractivity (Wildman–Crippen MR) is 114 cm³/mol. The topological polar surface area (TPSA) is 53.4 Å². The standard InChI is InChI=1S/C18H23N5S3/c1-12-21-14(10-24-12)9-23(4)18(19-3)20-8-7-15-5-6-17(26-15)16-11-25-13(2)22-16/h5-6,10-11H,7-9H2,1-4H3,(H,19,20). The van der Waals surface area contributed by atoms with E-state index in [0.717, 1.165) is 46.9 Å². The zero-order chi connectivity index (χ0) is 18.5. The van der Waals surface area contributed by atoms with Gasteiger partial charge >= 0.3 is 0 Å². The molecule has 0 radical (unpaired) electrons. The Hall–Kier alpha value is -1.77. The van der Waals surface area contributed by atoms with Crippen LogP contribution in [0.4, 0.5) is 0 Å². The molecule has 0 bridgehead atoms. The van der Waals surface area contributed by atoms with Gasteiger partial charge in [0.25, 0.3) is 0 Å². The number of rotatable bonds is 6. The van der Waals surface area contributed by atoms with Gasteiger partial charge in [-0.25, -0.2) is 9.97 Å². The average Bonchev–Trinajstić information content (AvgIpc) is 3.33. The number of aliphatic imine (C=N–C) groups is 1. The molecule has 26 heavy (non-hydrogen) atoms. The number of guanidine groups is 1. The molecule has 3 aromatic heterocycles. The summed E-state index contributed by atoms with van der Waals surface area (Å²) in [6, 6.07) is 4.36. The van der Waals surface area contributed by atoms with Gasteiger partial charge in [0, 0.05) is 36.3 Å². The molecule has 0 aliphatic heterocycles. The van der Waals surface area contributed by atoms with Crippen molar-refractivity contribution in [1.82, 2.24) is 20.2 Å². The predicted octanol–water partition coefficient (Wildman–Crippen LogP) is 4.19. The van der Waals surface area contributed by atoms with Crippen molar-refractivity contribution in [2.45, 2.75) is 26.8 Å². The molecular weight excluding hydrogens is 382 g/mol. The van der Waals surface area contributed by atoms with Crippen LogP contribution in [0.5, 0.6) is 0 Å². The Bertz CT molecular complexity index is 877. The van der Waals surface area contributed by atoms with E-state index >= 15 is 0 Å². The molecule has 0 unspecified atom stereocenters. The minimum Gasteiger partial charge on any atom is -0.356 e. The maximum absolute atomic E-state index is 4.56. The third-order valence-electron chi connectivity index (χ3n) is 3.83. The van der Waals surface area contributed by atoms with Crippen LogP contribution >= 0.6 is 34.0 Å². The van der Waals surface area contributed by atoms with E-state index in [1.807, 2.05) is 39.3 Å². The van der Waals surface area contributed by atoms with E-state index in [0.29, 0.717) is 0 Å². The SMILES string of the molecule is CN=C(NCCc1ccc(-c2csc(C)n2)s1)N(C)Cc1csc(C)n1. The molecule has 0 spiro atoms.